The van der Waals surface area contributed by atoms with E-state index >= 15 is 0 Å². The molecule has 0 saturated carbocycles. The summed E-state index contributed by atoms with van der Waals surface area (Å²) in [5.41, 5.74) is 2.06. The number of aromatic nitrogens is 1. The van der Waals surface area contributed by atoms with Crippen LogP contribution in [0, 0.1) is 0 Å². The molecule has 18 heavy (non-hydrogen) atoms. The number of hydrogen-bond acceptors (Lipinski definition) is 3. The zero-order valence-corrected chi connectivity index (χ0v) is 11.9. The summed E-state index contributed by atoms with van der Waals surface area (Å²) in [5, 5.41) is 5.62. The molecule has 1 aromatic rings. The second kappa shape index (κ2) is 10.7. The molecule has 0 saturated heterocycles. The van der Waals surface area contributed by atoms with Crippen LogP contribution in [0.4, 0.5) is 0 Å². The first kappa shape index (κ1) is 16.6. The second-order valence-corrected chi connectivity index (χ2v) is 3.60. The van der Waals surface area contributed by atoms with Crippen LogP contribution in [-0.2, 0) is 17.6 Å². The van der Waals surface area contributed by atoms with Gasteiger partial charge in [0.15, 0.2) is 0 Å². The Morgan fingerprint density at radius 1 is 1.28 bits per heavy atom. The van der Waals surface area contributed by atoms with Crippen molar-refractivity contribution in [2.45, 2.75) is 40.0 Å². The number of pyridine rings is 1. The van der Waals surface area contributed by atoms with Gasteiger partial charge in [0.25, 0.3) is 0 Å². The highest BCUT2D eigenvalue weighted by Gasteiger charge is 2.02. The molecule has 1 rings (SSSR count). The Hall–Kier alpha value is -1.42. The quantitative estimate of drug-likeness (QED) is 0.759. The first-order valence-electron chi connectivity index (χ1n) is 6.62. The smallest absolute Gasteiger partial charge is 0.221 e. The minimum atomic E-state index is 0.0538. The lowest BCUT2D eigenvalue weighted by Gasteiger charge is -2.04. The molecule has 1 amide bonds. The molecule has 2 N–H and O–H groups in total. The van der Waals surface area contributed by atoms with Gasteiger partial charge in [-0.2, -0.15) is 0 Å². The van der Waals surface area contributed by atoms with Gasteiger partial charge in [-0.3, -0.25) is 9.78 Å². The van der Waals surface area contributed by atoms with Crippen molar-refractivity contribution < 1.29 is 4.79 Å². The molecule has 1 aromatic heterocycles. The van der Waals surface area contributed by atoms with E-state index in [9.17, 15) is 4.79 Å². The molecule has 0 bridgehead atoms. The molecule has 0 fully saturated rings. The van der Waals surface area contributed by atoms with Crippen LogP contribution < -0.4 is 10.6 Å². The van der Waals surface area contributed by atoms with Crippen molar-refractivity contribution in [3.05, 3.63) is 29.6 Å². The summed E-state index contributed by atoms with van der Waals surface area (Å²) in [6.45, 7) is 6.59. The van der Waals surface area contributed by atoms with Crippen molar-refractivity contribution in [3.8, 4) is 0 Å². The van der Waals surface area contributed by atoms with Crippen molar-refractivity contribution in [1.82, 2.24) is 15.6 Å². The van der Waals surface area contributed by atoms with Gasteiger partial charge in [0.05, 0.1) is 6.67 Å². The molecule has 0 aliphatic heterocycles. The van der Waals surface area contributed by atoms with Gasteiger partial charge in [-0.05, 0) is 32.0 Å². The van der Waals surface area contributed by atoms with Crippen LogP contribution >= 0.6 is 0 Å². The predicted molar refractivity (Wildman–Crippen MR) is 75.4 cm³/mol. The Balaban J connectivity index is 0.00000137. The number of carbonyl (C=O) groups excluding carboxylic acids is 1. The normalized spacial score (nSPS) is 9.33. The van der Waals surface area contributed by atoms with Crippen molar-refractivity contribution in [1.29, 1.82) is 0 Å². The third kappa shape index (κ3) is 7.01. The van der Waals surface area contributed by atoms with E-state index in [1.54, 1.807) is 7.05 Å². The minimum absolute atomic E-state index is 0.0538. The fourth-order valence-electron chi connectivity index (χ4n) is 1.38. The van der Waals surface area contributed by atoms with Crippen LogP contribution in [0.3, 0.4) is 0 Å². The fourth-order valence-corrected chi connectivity index (χ4v) is 1.38. The van der Waals surface area contributed by atoms with E-state index in [1.807, 2.05) is 32.0 Å². The maximum Gasteiger partial charge on any atom is 0.221 e. The third-order valence-corrected chi connectivity index (χ3v) is 2.30. The van der Waals surface area contributed by atoms with Gasteiger partial charge in [-0.1, -0.05) is 26.8 Å². The van der Waals surface area contributed by atoms with E-state index in [4.69, 9.17) is 0 Å². The molecule has 0 unspecified atom stereocenters. The average Bonchev–Trinajstić information content (AvgIpc) is 2.45. The van der Waals surface area contributed by atoms with E-state index in [-0.39, 0.29) is 5.91 Å². The van der Waals surface area contributed by atoms with Gasteiger partial charge < -0.3 is 10.6 Å². The van der Waals surface area contributed by atoms with E-state index in [0.717, 1.165) is 17.8 Å². The Bertz CT molecular complexity index is 340. The standard InChI is InChI=1S/C12H19N3O.C2H6/c1-3-10-5-4-6-11(15-10)7-8-12(16)14-9-13-2;1-2/h4-6,13H,3,7-9H2,1-2H3,(H,14,16);1-2H3. The summed E-state index contributed by atoms with van der Waals surface area (Å²) in [6.07, 6.45) is 2.12. The van der Waals surface area contributed by atoms with Crippen LogP contribution in [0.5, 0.6) is 0 Å². The van der Waals surface area contributed by atoms with Gasteiger partial charge in [0.1, 0.15) is 0 Å². The number of rotatable bonds is 6. The lowest BCUT2D eigenvalue weighted by atomic mass is 10.2. The Kier molecular flexibility index (Phi) is 9.87. The van der Waals surface area contributed by atoms with Crippen LogP contribution in [0.2, 0.25) is 0 Å². The summed E-state index contributed by atoms with van der Waals surface area (Å²) >= 11 is 0. The second-order valence-electron chi connectivity index (χ2n) is 3.60. The molecule has 0 aromatic carbocycles. The number of hydrogen-bond donors (Lipinski definition) is 2. The highest BCUT2D eigenvalue weighted by molar-refractivity contribution is 5.75. The van der Waals surface area contributed by atoms with Crippen LogP contribution in [0.25, 0.3) is 0 Å². The third-order valence-electron chi connectivity index (χ3n) is 2.30. The largest absolute Gasteiger partial charge is 0.344 e. The SMILES string of the molecule is CC.CCc1cccc(CCC(=O)NCNC)n1. The molecule has 4 heteroatoms. The molecule has 0 radical (unpaired) electrons. The topological polar surface area (TPSA) is 54.0 Å². The Morgan fingerprint density at radius 3 is 2.56 bits per heavy atom. The maximum atomic E-state index is 11.4. The zero-order chi connectivity index (χ0) is 13.8. The highest BCUT2D eigenvalue weighted by atomic mass is 16.1. The van der Waals surface area contributed by atoms with Gasteiger partial charge >= 0.3 is 0 Å². The van der Waals surface area contributed by atoms with Crippen LogP contribution in [-0.4, -0.2) is 24.6 Å². The molecule has 0 spiro atoms. The van der Waals surface area contributed by atoms with Gasteiger partial charge in [0, 0.05) is 17.8 Å². The predicted octanol–water partition coefficient (Wildman–Crippen LogP) is 1.90. The molecule has 0 atom stereocenters. The Morgan fingerprint density at radius 2 is 1.94 bits per heavy atom. The molecular weight excluding hydrogens is 226 g/mol. The summed E-state index contributed by atoms with van der Waals surface area (Å²) < 4.78 is 0. The van der Waals surface area contributed by atoms with Crippen molar-refractivity contribution in [2.24, 2.45) is 0 Å². The van der Waals surface area contributed by atoms with Crippen molar-refractivity contribution >= 4 is 5.91 Å². The van der Waals surface area contributed by atoms with E-state index in [2.05, 4.69) is 22.5 Å². The van der Waals surface area contributed by atoms with Gasteiger partial charge in [-0.15, -0.1) is 0 Å². The lowest BCUT2D eigenvalue weighted by molar-refractivity contribution is -0.121. The molecular formula is C14H25N3O. The first-order valence-corrected chi connectivity index (χ1v) is 6.62. The number of nitrogens with zero attached hydrogens (tertiary/aromatic N) is 1. The summed E-state index contributed by atoms with van der Waals surface area (Å²) in [4.78, 5) is 15.8. The molecule has 0 aliphatic rings. The number of aryl methyl sites for hydroxylation is 2. The van der Waals surface area contributed by atoms with E-state index < -0.39 is 0 Å². The first-order chi connectivity index (χ1) is 8.76. The molecule has 0 aliphatic carbocycles. The highest BCUT2D eigenvalue weighted by Crippen LogP contribution is 2.02. The maximum absolute atomic E-state index is 11.4. The van der Waals surface area contributed by atoms with Crippen LogP contribution in [0.15, 0.2) is 18.2 Å². The van der Waals surface area contributed by atoms with Crippen molar-refractivity contribution in [3.63, 3.8) is 0 Å². The van der Waals surface area contributed by atoms with Crippen molar-refractivity contribution in [2.75, 3.05) is 13.7 Å². The molecule has 102 valence electrons. The number of amides is 1. The average molecular weight is 251 g/mol. The number of carbonyl (C=O) groups is 1. The summed E-state index contributed by atoms with van der Waals surface area (Å²) in [6, 6.07) is 5.96. The fraction of sp³-hybridized carbons (Fsp3) is 0.571. The van der Waals surface area contributed by atoms with Gasteiger partial charge in [-0.25, -0.2) is 0 Å². The van der Waals surface area contributed by atoms with Gasteiger partial charge in [0.2, 0.25) is 5.91 Å². The van der Waals surface area contributed by atoms with E-state index in [1.165, 1.54) is 0 Å². The zero-order valence-electron chi connectivity index (χ0n) is 11.9. The molecule has 1 heterocycles. The minimum Gasteiger partial charge on any atom is -0.344 e. The summed E-state index contributed by atoms with van der Waals surface area (Å²) in [5.74, 6) is 0.0538. The Labute approximate surface area is 110 Å². The lowest BCUT2D eigenvalue weighted by Crippen LogP contribution is -2.31. The molecule has 4 nitrogen and oxygen atoms in total. The monoisotopic (exact) mass is 251 g/mol. The van der Waals surface area contributed by atoms with E-state index in [0.29, 0.717) is 19.5 Å². The number of nitrogens with one attached hydrogen (secondary N) is 2. The van der Waals surface area contributed by atoms with Crippen LogP contribution in [0.1, 0.15) is 38.6 Å². The summed E-state index contributed by atoms with van der Waals surface area (Å²) in [7, 11) is 1.80.